The van der Waals surface area contributed by atoms with E-state index in [1.54, 1.807) is 11.8 Å². The van der Waals surface area contributed by atoms with Gasteiger partial charge in [-0.15, -0.1) is 0 Å². The van der Waals surface area contributed by atoms with Crippen molar-refractivity contribution in [3.05, 3.63) is 0 Å². The quantitative estimate of drug-likeness (QED) is 0.687. The third-order valence-corrected chi connectivity index (χ3v) is 2.96. The van der Waals surface area contributed by atoms with Gasteiger partial charge in [0.1, 0.15) is 0 Å². The molecule has 1 aliphatic carbocycles. The number of nitrogens with zero attached hydrogens (tertiary/aromatic N) is 1. The van der Waals surface area contributed by atoms with Crippen molar-refractivity contribution < 1.29 is 9.90 Å². The van der Waals surface area contributed by atoms with E-state index >= 15 is 0 Å². The Morgan fingerprint density at radius 3 is 2.77 bits per heavy atom. The van der Waals surface area contributed by atoms with Crippen molar-refractivity contribution >= 4 is 5.91 Å². The van der Waals surface area contributed by atoms with Crippen LogP contribution in [0.25, 0.3) is 0 Å². The molecule has 2 rings (SSSR count). The summed E-state index contributed by atoms with van der Waals surface area (Å²) in [6.07, 6.45) is 3.87. The summed E-state index contributed by atoms with van der Waals surface area (Å²) in [6.45, 7) is 3.06. The molecular weight excluding hydrogens is 166 g/mol. The van der Waals surface area contributed by atoms with E-state index in [1.807, 2.05) is 0 Å². The molecule has 74 valence electrons. The number of likely N-dealkylation sites (tertiary alicyclic amines) is 1. The van der Waals surface area contributed by atoms with Gasteiger partial charge >= 0.3 is 0 Å². The minimum atomic E-state index is -0.640. The van der Waals surface area contributed by atoms with Gasteiger partial charge in [-0.2, -0.15) is 0 Å². The second-order valence-electron chi connectivity index (χ2n) is 4.71. The number of rotatable bonds is 2. The van der Waals surface area contributed by atoms with E-state index in [2.05, 4.69) is 0 Å². The molecule has 1 atom stereocenters. The van der Waals surface area contributed by atoms with Crippen LogP contribution < -0.4 is 0 Å². The van der Waals surface area contributed by atoms with Crippen LogP contribution >= 0.6 is 0 Å². The van der Waals surface area contributed by atoms with Crippen LogP contribution in [0.5, 0.6) is 0 Å². The first-order chi connectivity index (χ1) is 6.07. The predicted molar refractivity (Wildman–Crippen MR) is 49.2 cm³/mol. The summed E-state index contributed by atoms with van der Waals surface area (Å²) in [5, 5.41) is 9.67. The van der Waals surface area contributed by atoms with Crippen molar-refractivity contribution in [2.45, 2.75) is 38.2 Å². The van der Waals surface area contributed by atoms with Crippen LogP contribution in [-0.4, -0.2) is 34.6 Å². The van der Waals surface area contributed by atoms with Crippen molar-refractivity contribution in [1.29, 1.82) is 0 Å². The van der Waals surface area contributed by atoms with E-state index in [-0.39, 0.29) is 5.91 Å². The standard InChI is InChI=1S/C10H17NO2/c1-10(13)4-5-11(7-10)9(12)6-8-2-3-8/h8,13H,2-7H2,1H3. The third-order valence-electron chi connectivity index (χ3n) is 2.96. The van der Waals surface area contributed by atoms with Crippen LogP contribution in [0.1, 0.15) is 32.6 Å². The van der Waals surface area contributed by atoms with Gasteiger partial charge in [0.15, 0.2) is 0 Å². The summed E-state index contributed by atoms with van der Waals surface area (Å²) < 4.78 is 0. The van der Waals surface area contributed by atoms with Gasteiger partial charge in [-0.3, -0.25) is 4.79 Å². The Hall–Kier alpha value is -0.570. The number of hydrogen-bond acceptors (Lipinski definition) is 2. The van der Waals surface area contributed by atoms with Gasteiger partial charge in [0.05, 0.1) is 5.60 Å². The second kappa shape index (κ2) is 2.98. The third kappa shape index (κ3) is 2.21. The van der Waals surface area contributed by atoms with Crippen LogP contribution in [0.15, 0.2) is 0 Å². The van der Waals surface area contributed by atoms with Gasteiger partial charge in [-0.1, -0.05) is 0 Å². The van der Waals surface area contributed by atoms with Crippen LogP contribution in [0, 0.1) is 5.92 Å². The molecular formula is C10H17NO2. The fourth-order valence-corrected chi connectivity index (χ4v) is 1.86. The smallest absolute Gasteiger partial charge is 0.222 e. The van der Waals surface area contributed by atoms with Gasteiger partial charge < -0.3 is 10.0 Å². The lowest BCUT2D eigenvalue weighted by Crippen LogP contribution is -2.33. The van der Waals surface area contributed by atoms with Crippen molar-refractivity contribution in [1.82, 2.24) is 4.90 Å². The Bertz CT molecular complexity index is 221. The lowest BCUT2D eigenvalue weighted by Gasteiger charge is -2.18. The summed E-state index contributed by atoms with van der Waals surface area (Å²) >= 11 is 0. The summed E-state index contributed by atoms with van der Waals surface area (Å²) in [7, 11) is 0. The molecule has 0 aromatic rings. The highest BCUT2D eigenvalue weighted by atomic mass is 16.3. The molecule has 0 spiro atoms. The second-order valence-corrected chi connectivity index (χ2v) is 4.71. The van der Waals surface area contributed by atoms with Gasteiger partial charge in [0, 0.05) is 19.5 Å². The molecule has 3 nitrogen and oxygen atoms in total. The van der Waals surface area contributed by atoms with Crippen LogP contribution in [0.4, 0.5) is 0 Å². The zero-order chi connectivity index (χ0) is 9.47. The highest BCUT2D eigenvalue weighted by Gasteiger charge is 2.35. The maximum absolute atomic E-state index is 11.6. The highest BCUT2D eigenvalue weighted by Crippen LogP contribution is 2.33. The number of aliphatic hydroxyl groups is 1. The first kappa shape index (κ1) is 9.00. The molecule has 1 unspecified atom stereocenters. The number of carbonyl (C=O) groups is 1. The molecule has 13 heavy (non-hydrogen) atoms. The molecule has 1 N–H and O–H groups in total. The number of hydrogen-bond donors (Lipinski definition) is 1. The Labute approximate surface area is 78.7 Å². The molecule has 1 amide bonds. The molecule has 1 saturated heterocycles. The van der Waals surface area contributed by atoms with E-state index in [9.17, 15) is 9.90 Å². The number of carbonyl (C=O) groups excluding carboxylic acids is 1. The summed E-state index contributed by atoms with van der Waals surface area (Å²) in [5.74, 6) is 0.887. The topological polar surface area (TPSA) is 40.5 Å². The first-order valence-corrected chi connectivity index (χ1v) is 5.07. The Balaban J connectivity index is 1.83. The van der Waals surface area contributed by atoms with Crippen LogP contribution in [-0.2, 0) is 4.79 Å². The van der Waals surface area contributed by atoms with E-state index in [1.165, 1.54) is 12.8 Å². The van der Waals surface area contributed by atoms with Gasteiger partial charge in [0.25, 0.3) is 0 Å². The highest BCUT2D eigenvalue weighted by molar-refractivity contribution is 5.77. The van der Waals surface area contributed by atoms with E-state index in [0.717, 1.165) is 13.0 Å². The van der Waals surface area contributed by atoms with E-state index in [0.29, 0.717) is 18.9 Å². The first-order valence-electron chi connectivity index (χ1n) is 5.07. The minimum Gasteiger partial charge on any atom is -0.388 e. The molecule has 1 heterocycles. The zero-order valence-corrected chi connectivity index (χ0v) is 8.12. The minimum absolute atomic E-state index is 0.236. The van der Waals surface area contributed by atoms with Gasteiger partial charge in [-0.05, 0) is 32.1 Å². The SMILES string of the molecule is CC1(O)CCN(C(=O)CC2CC2)C1. The van der Waals surface area contributed by atoms with E-state index in [4.69, 9.17) is 0 Å². The normalized spacial score (nSPS) is 33.8. The lowest BCUT2D eigenvalue weighted by atomic mass is 10.1. The summed E-state index contributed by atoms with van der Waals surface area (Å²) in [5.41, 5.74) is -0.640. The van der Waals surface area contributed by atoms with Gasteiger partial charge in [0.2, 0.25) is 5.91 Å². The van der Waals surface area contributed by atoms with Crippen LogP contribution in [0.3, 0.4) is 0 Å². The molecule has 0 bridgehead atoms. The zero-order valence-electron chi connectivity index (χ0n) is 8.12. The van der Waals surface area contributed by atoms with Crippen LogP contribution in [0.2, 0.25) is 0 Å². The molecule has 2 fully saturated rings. The Morgan fingerprint density at radius 2 is 2.31 bits per heavy atom. The van der Waals surface area contributed by atoms with Crippen molar-refractivity contribution in [3.63, 3.8) is 0 Å². The van der Waals surface area contributed by atoms with Crippen molar-refractivity contribution in [2.75, 3.05) is 13.1 Å². The maximum atomic E-state index is 11.6. The lowest BCUT2D eigenvalue weighted by molar-refractivity contribution is -0.131. The van der Waals surface area contributed by atoms with Gasteiger partial charge in [-0.25, -0.2) is 0 Å². The molecule has 0 aromatic carbocycles. The Morgan fingerprint density at radius 1 is 1.62 bits per heavy atom. The molecule has 1 aliphatic heterocycles. The largest absolute Gasteiger partial charge is 0.388 e. The van der Waals surface area contributed by atoms with Crippen molar-refractivity contribution in [2.24, 2.45) is 5.92 Å². The van der Waals surface area contributed by atoms with Crippen molar-refractivity contribution in [3.8, 4) is 0 Å². The summed E-state index contributed by atoms with van der Waals surface area (Å²) in [4.78, 5) is 13.4. The van der Waals surface area contributed by atoms with E-state index < -0.39 is 5.60 Å². The maximum Gasteiger partial charge on any atom is 0.222 e. The number of amides is 1. The molecule has 2 aliphatic rings. The molecule has 1 saturated carbocycles. The average molecular weight is 183 g/mol. The predicted octanol–water partition coefficient (Wildman–Crippen LogP) is 0.770. The molecule has 0 radical (unpaired) electrons. The monoisotopic (exact) mass is 183 g/mol. The molecule has 0 aromatic heterocycles. The summed E-state index contributed by atoms with van der Waals surface area (Å²) in [6, 6.07) is 0. The Kier molecular flexibility index (Phi) is 2.06. The fraction of sp³-hybridized carbons (Fsp3) is 0.900. The average Bonchev–Trinajstić information content (AvgIpc) is 2.75. The number of β-amino-alcohol motifs (C(OH)–C–C–N with tert-alkyl or cyclic N) is 1. The fourth-order valence-electron chi connectivity index (χ4n) is 1.86. The molecule has 3 heteroatoms.